The molecule has 1 N–H and O–H groups in total. The lowest BCUT2D eigenvalue weighted by Gasteiger charge is -2.13. The maximum atomic E-state index is 12.8. The number of sulfonamides is 1. The Hall–Kier alpha value is -0.770. The van der Waals surface area contributed by atoms with E-state index < -0.39 is 26.7 Å². The quantitative estimate of drug-likeness (QED) is 0.598. The predicted molar refractivity (Wildman–Crippen MR) is 89.1 cm³/mol. The molecule has 0 unspecified atom stereocenters. The highest BCUT2D eigenvalue weighted by Crippen LogP contribution is 2.34. The first-order valence-corrected chi connectivity index (χ1v) is 9.29. The standard InChI is InChI=1S/C13H7Br2ClF3NO2S/c14-8-1-2-12(11(16)6-8)20-23(21,22)10-4-7(13(17,18)19)3-9(15)5-10/h1-6,20H. The maximum Gasteiger partial charge on any atom is 0.416 e. The van der Waals surface area contributed by atoms with Crippen LogP contribution in [0.1, 0.15) is 5.56 Å². The molecule has 0 bridgehead atoms. The van der Waals surface area contributed by atoms with Crippen molar-refractivity contribution in [3.8, 4) is 0 Å². The first-order chi connectivity index (χ1) is 10.5. The van der Waals surface area contributed by atoms with Crippen LogP contribution in [0.2, 0.25) is 5.02 Å². The van der Waals surface area contributed by atoms with E-state index in [1.807, 2.05) is 0 Å². The van der Waals surface area contributed by atoms with Gasteiger partial charge < -0.3 is 0 Å². The van der Waals surface area contributed by atoms with Gasteiger partial charge in [0.25, 0.3) is 10.0 Å². The SMILES string of the molecule is O=S(=O)(Nc1ccc(Br)cc1Cl)c1cc(Br)cc(C(F)(F)F)c1. The van der Waals surface area contributed by atoms with E-state index in [0.717, 1.165) is 12.1 Å². The van der Waals surface area contributed by atoms with E-state index in [-0.39, 0.29) is 15.2 Å². The molecule has 2 rings (SSSR count). The van der Waals surface area contributed by atoms with Gasteiger partial charge in [-0.05, 0) is 36.4 Å². The fraction of sp³-hybridized carbons (Fsp3) is 0.0769. The zero-order valence-corrected chi connectivity index (χ0v) is 15.7. The maximum absolute atomic E-state index is 12.8. The second kappa shape index (κ2) is 6.62. The first kappa shape index (κ1) is 18.6. The van der Waals surface area contributed by atoms with Gasteiger partial charge in [0.05, 0.1) is 21.2 Å². The largest absolute Gasteiger partial charge is 0.416 e. The Morgan fingerprint density at radius 3 is 2.22 bits per heavy atom. The summed E-state index contributed by atoms with van der Waals surface area (Å²) in [5, 5.41) is 0.106. The zero-order valence-electron chi connectivity index (χ0n) is 11.0. The van der Waals surface area contributed by atoms with E-state index in [1.54, 1.807) is 6.07 Å². The zero-order chi connectivity index (χ0) is 17.4. The highest BCUT2D eigenvalue weighted by atomic mass is 79.9. The van der Waals surface area contributed by atoms with Crippen LogP contribution in [0.15, 0.2) is 50.2 Å². The Labute approximate surface area is 152 Å². The van der Waals surface area contributed by atoms with Crippen LogP contribution in [0.25, 0.3) is 0 Å². The highest BCUT2D eigenvalue weighted by Gasteiger charge is 2.32. The molecule has 0 aliphatic carbocycles. The molecule has 0 saturated heterocycles. The van der Waals surface area contributed by atoms with Gasteiger partial charge in [0.1, 0.15) is 0 Å². The summed E-state index contributed by atoms with van der Waals surface area (Å²) in [7, 11) is -4.23. The minimum Gasteiger partial charge on any atom is -0.278 e. The Bertz CT molecular complexity index is 857. The van der Waals surface area contributed by atoms with Gasteiger partial charge in [-0.15, -0.1) is 0 Å². The third kappa shape index (κ3) is 4.62. The molecule has 0 saturated carbocycles. The van der Waals surface area contributed by atoms with Crippen LogP contribution in [0, 0.1) is 0 Å². The first-order valence-electron chi connectivity index (χ1n) is 5.85. The van der Waals surface area contributed by atoms with Gasteiger partial charge in [-0.25, -0.2) is 8.42 Å². The topological polar surface area (TPSA) is 46.2 Å². The van der Waals surface area contributed by atoms with Crippen molar-refractivity contribution in [2.75, 3.05) is 4.72 Å². The highest BCUT2D eigenvalue weighted by molar-refractivity contribution is 9.10. The van der Waals surface area contributed by atoms with E-state index in [1.165, 1.54) is 12.1 Å². The summed E-state index contributed by atoms with van der Waals surface area (Å²) in [6.45, 7) is 0. The van der Waals surface area contributed by atoms with E-state index in [0.29, 0.717) is 10.5 Å². The van der Waals surface area contributed by atoms with Crippen molar-refractivity contribution in [1.29, 1.82) is 0 Å². The second-order valence-corrected chi connectivity index (χ2v) is 8.32. The number of hydrogen-bond donors (Lipinski definition) is 1. The molecule has 0 atom stereocenters. The van der Waals surface area contributed by atoms with Crippen molar-refractivity contribution in [1.82, 2.24) is 0 Å². The smallest absolute Gasteiger partial charge is 0.278 e. The molecule has 0 spiro atoms. The van der Waals surface area contributed by atoms with Gasteiger partial charge >= 0.3 is 6.18 Å². The third-order valence-electron chi connectivity index (χ3n) is 2.68. The van der Waals surface area contributed by atoms with Gasteiger partial charge in [-0.2, -0.15) is 13.2 Å². The molecule has 0 aromatic heterocycles. The van der Waals surface area contributed by atoms with Gasteiger partial charge in [0, 0.05) is 8.95 Å². The monoisotopic (exact) mass is 491 g/mol. The predicted octanol–water partition coefficient (Wildman–Crippen LogP) is 5.68. The number of benzene rings is 2. The van der Waals surface area contributed by atoms with Crippen LogP contribution in [0.5, 0.6) is 0 Å². The fourth-order valence-electron chi connectivity index (χ4n) is 1.66. The molecule has 23 heavy (non-hydrogen) atoms. The van der Waals surface area contributed by atoms with E-state index in [4.69, 9.17) is 11.6 Å². The van der Waals surface area contributed by atoms with Crippen molar-refractivity contribution in [3.63, 3.8) is 0 Å². The Morgan fingerprint density at radius 2 is 1.65 bits per heavy atom. The molecule has 3 nitrogen and oxygen atoms in total. The summed E-state index contributed by atoms with van der Waals surface area (Å²) in [4.78, 5) is -0.529. The summed E-state index contributed by atoms with van der Waals surface area (Å²) in [6.07, 6.45) is -4.66. The number of alkyl halides is 3. The second-order valence-electron chi connectivity index (χ2n) is 4.40. The van der Waals surface area contributed by atoms with Gasteiger partial charge in [0.2, 0.25) is 0 Å². The molecular weight excluding hydrogens is 486 g/mol. The van der Waals surface area contributed by atoms with Crippen molar-refractivity contribution in [3.05, 3.63) is 55.9 Å². The Kier molecular flexibility index (Phi) is 5.34. The van der Waals surface area contributed by atoms with Crippen molar-refractivity contribution < 1.29 is 21.6 Å². The van der Waals surface area contributed by atoms with Crippen molar-refractivity contribution in [2.24, 2.45) is 0 Å². The Balaban J connectivity index is 2.46. The normalized spacial score (nSPS) is 12.3. The van der Waals surface area contributed by atoms with Crippen LogP contribution in [0.4, 0.5) is 18.9 Å². The number of halogens is 6. The summed E-state index contributed by atoms with van der Waals surface area (Å²) >= 11 is 12.0. The molecule has 0 aliphatic rings. The lowest BCUT2D eigenvalue weighted by Crippen LogP contribution is -2.15. The minimum atomic E-state index is -4.66. The number of rotatable bonds is 3. The summed E-state index contributed by atoms with van der Waals surface area (Å²) < 4.78 is 65.8. The molecule has 2 aromatic carbocycles. The molecule has 0 radical (unpaired) electrons. The Morgan fingerprint density at radius 1 is 1.00 bits per heavy atom. The lowest BCUT2D eigenvalue weighted by atomic mass is 10.2. The van der Waals surface area contributed by atoms with Crippen molar-refractivity contribution >= 4 is 59.2 Å². The molecular formula is C13H7Br2ClF3NO2S. The van der Waals surface area contributed by atoms with Crippen LogP contribution in [0.3, 0.4) is 0 Å². The molecule has 124 valence electrons. The van der Waals surface area contributed by atoms with Crippen LogP contribution in [-0.2, 0) is 16.2 Å². The molecule has 0 heterocycles. The van der Waals surface area contributed by atoms with Gasteiger partial charge in [0.15, 0.2) is 0 Å². The van der Waals surface area contributed by atoms with E-state index >= 15 is 0 Å². The number of hydrogen-bond acceptors (Lipinski definition) is 2. The minimum absolute atomic E-state index is 0.00500. The van der Waals surface area contributed by atoms with Crippen LogP contribution >= 0.6 is 43.5 Å². The van der Waals surface area contributed by atoms with Gasteiger partial charge in [-0.3, -0.25) is 4.72 Å². The summed E-state index contributed by atoms with van der Waals surface area (Å²) in [6, 6.07) is 6.83. The third-order valence-corrected chi connectivity index (χ3v) is 5.29. The van der Waals surface area contributed by atoms with Gasteiger partial charge in [-0.1, -0.05) is 43.5 Å². The average Bonchev–Trinajstić information content (AvgIpc) is 2.40. The molecule has 0 fully saturated rings. The number of nitrogens with one attached hydrogen (secondary N) is 1. The summed E-state index contributed by atoms with van der Waals surface area (Å²) in [5.41, 5.74) is -1.02. The molecule has 0 aliphatic heterocycles. The van der Waals surface area contributed by atoms with Crippen molar-refractivity contribution in [2.45, 2.75) is 11.1 Å². The number of anilines is 1. The average molecular weight is 494 g/mol. The molecule has 0 amide bonds. The lowest BCUT2D eigenvalue weighted by molar-refractivity contribution is -0.137. The summed E-state index contributed by atoms with van der Waals surface area (Å²) in [5.74, 6) is 0. The van der Waals surface area contributed by atoms with E-state index in [9.17, 15) is 21.6 Å². The fourth-order valence-corrected chi connectivity index (χ4v) is 4.23. The van der Waals surface area contributed by atoms with Crippen LogP contribution < -0.4 is 4.72 Å². The molecule has 2 aromatic rings. The molecule has 10 heteroatoms. The van der Waals surface area contributed by atoms with Crippen LogP contribution in [-0.4, -0.2) is 8.42 Å². The van der Waals surface area contributed by atoms with E-state index in [2.05, 4.69) is 36.6 Å².